The van der Waals surface area contributed by atoms with Crippen molar-refractivity contribution in [1.82, 2.24) is 0 Å². The second-order valence-corrected chi connectivity index (χ2v) is 13.7. The van der Waals surface area contributed by atoms with Crippen molar-refractivity contribution < 1.29 is 63.6 Å². The Morgan fingerprint density at radius 1 is 0.889 bits per heavy atom. The fourth-order valence-electron chi connectivity index (χ4n) is 8.15. The van der Waals surface area contributed by atoms with Gasteiger partial charge in [0.25, 0.3) is 0 Å². The molecule has 1 heterocycles. The van der Waals surface area contributed by atoms with E-state index in [0.29, 0.717) is 29.6 Å². The minimum atomic E-state index is -1.68. The average molecular weight is 641 g/mol. The Kier molecular flexibility index (Phi) is 10.3. The maximum absolute atomic E-state index is 12.7. The Labute approximate surface area is 263 Å². The zero-order valence-electron chi connectivity index (χ0n) is 27.0. The highest BCUT2D eigenvalue weighted by Gasteiger charge is 2.64. The van der Waals surface area contributed by atoms with Gasteiger partial charge in [-0.15, -0.1) is 0 Å². The number of hydrogen-bond donors (Lipinski definition) is 5. The molecule has 2 saturated carbocycles. The minimum Gasteiger partial charge on any atom is -0.462 e. The van der Waals surface area contributed by atoms with Gasteiger partial charge >= 0.3 is 17.9 Å². The molecule has 3 fully saturated rings. The van der Waals surface area contributed by atoms with Crippen LogP contribution in [0.5, 0.6) is 0 Å². The first-order valence-electron chi connectivity index (χ1n) is 15.4. The predicted octanol–water partition coefficient (Wildman–Crippen LogP) is 0.676. The van der Waals surface area contributed by atoms with Gasteiger partial charge < -0.3 is 49.2 Å². The van der Waals surface area contributed by atoms with Gasteiger partial charge in [0.05, 0.1) is 24.2 Å². The molecule has 45 heavy (non-hydrogen) atoms. The zero-order valence-corrected chi connectivity index (χ0v) is 27.0. The number of carbonyl (C=O) groups is 3. The summed E-state index contributed by atoms with van der Waals surface area (Å²) in [5, 5.41) is 52.2. The van der Waals surface area contributed by atoms with Crippen LogP contribution >= 0.6 is 0 Å². The van der Waals surface area contributed by atoms with E-state index in [1.54, 1.807) is 13.8 Å². The van der Waals surface area contributed by atoms with Crippen molar-refractivity contribution >= 4 is 17.9 Å². The van der Waals surface area contributed by atoms with Crippen molar-refractivity contribution in [2.45, 2.75) is 129 Å². The van der Waals surface area contributed by atoms with Crippen molar-refractivity contribution in [2.75, 3.05) is 6.61 Å². The van der Waals surface area contributed by atoms with Gasteiger partial charge in [-0.3, -0.25) is 14.4 Å². The molecule has 13 heteroatoms. The maximum Gasteiger partial charge on any atom is 0.303 e. The van der Waals surface area contributed by atoms with Crippen LogP contribution in [0.4, 0.5) is 0 Å². The molecule has 4 rings (SSSR count). The van der Waals surface area contributed by atoms with Crippen LogP contribution in [-0.4, -0.2) is 111 Å². The molecule has 0 unspecified atom stereocenters. The van der Waals surface area contributed by atoms with Crippen LogP contribution in [0.15, 0.2) is 23.3 Å². The molecule has 2 bridgehead atoms. The Hall–Kier alpha value is -2.39. The fourth-order valence-corrected chi connectivity index (χ4v) is 8.15. The number of rotatable bonds is 6. The molecule has 254 valence electrons. The lowest BCUT2D eigenvalue weighted by molar-refractivity contribution is -0.314. The summed E-state index contributed by atoms with van der Waals surface area (Å²) in [5.74, 6) is -2.74. The van der Waals surface area contributed by atoms with Crippen molar-refractivity contribution in [3.05, 3.63) is 23.3 Å². The van der Waals surface area contributed by atoms with Crippen LogP contribution in [0.1, 0.15) is 67.7 Å². The number of hydrogen-bond acceptors (Lipinski definition) is 13. The first kappa shape index (κ1) is 35.5. The number of esters is 3. The standard InChI is InChI=1S/C32H48O13/c1-13-19-9-18-10-20(37)14(2)24(31(18,6)7)28(42-16(4)35)29(43-17(5)36)32(19,8)23(41-15(3)34)11-21(13)44-30-27(40)26(39)25(38)22(12-33)45-30/h18-23,25-30,33,37-40H,1,9-12H2,2-8H3/t18-,19-,20+,21+,22-,23+,25-,26+,27-,28-,29+,30-,32+/m1/s1. The first-order chi connectivity index (χ1) is 20.9. The molecule has 1 saturated heterocycles. The van der Waals surface area contributed by atoms with E-state index in [1.807, 2.05) is 13.8 Å². The van der Waals surface area contributed by atoms with Gasteiger partial charge in [0, 0.05) is 27.2 Å². The molecule has 3 aliphatic carbocycles. The van der Waals surface area contributed by atoms with E-state index < -0.39 is 102 Å². The van der Waals surface area contributed by atoms with Crippen molar-refractivity contribution in [3.63, 3.8) is 0 Å². The Balaban J connectivity index is 1.88. The van der Waals surface area contributed by atoms with E-state index in [2.05, 4.69) is 6.58 Å². The maximum atomic E-state index is 12.7. The fraction of sp³-hybridized carbons (Fsp3) is 0.781. The van der Waals surface area contributed by atoms with E-state index in [0.717, 1.165) is 0 Å². The lowest BCUT2D eigenvalue weighted by atomic mass is 9.49. The van der Waals surface area contributed by atoms with Crippen LogP contribution in [0, 0.1) is 22.7 Å². The summed E-state index contributed by atoms with van der Waals surface area (Å²) in [4.78, 5) is 37.9. The smallest absolute Gasteiger partial charge is 0.303 e. The summed E-state index contributed by atoms with van der Waals surface area (Å²) in [6.45, 7) is 15.0. The van der Waals surface area contributed by atoms with E-state index >= 15 is 0 Å². The molecule has 0 aromatic rings. The third-order valence-corrected chi connectivity index (χ3v) is 10.6. The van der Waals surface area contributed by atoms with Gasteiger partial charge in [0.1, 0.15) is 30.5 Å². The largest absolute Gasteiger partial charge is 0.462 e. The molecule has 5 N–H and O–H groups in total. The highest BCUT2D eigenvalue weighted by molar-refractivity contribution is 5.68. The van der Waals surface area contributed by atoms with Crippen molar-refractivity contribution in [3.8, 4) is 0 Å². The summed E-state index contributed by atoms with van der Waals surface area (Å²) < 4.78 is 29.8. The van der Waals surface area contributed by atoms with E-state index in [-0.39, 0.29) is 12.3 Å². The summed E-state index contributed by atoms with van der Waals surface area (Å²) in [6, 6.07) is 0. The summed E-state index contributed by atoms with van der Waals surface area (Å²) in [6.07, 6.45) is -12.1. The van der Waals surface area contributed by atoms with Gasteiger partial charge in [-0.1, -0.05) is 27.4 Å². The predicted molar refractivity (Wildman–Crippen MR) is 156 cm³/mol. The first-order valence-corrected chi connectivity index (χ1v) is 15.4. The lowest BCUT2D eigenvalue weighted by Crippen LogP contribution is -2.65. The summed E-state index contributed by atoms with van der Waals surface area (Å²) >= 11 is 0. The van der Waals surface area contributed by atoms with E-state index in [9.17, 15) is 39.9 Å². The highest BCUT2D eigenvalue weighted by atomic mass is 16.7. The van der Waals surface area contributed by atoms with E-state index in [1.165, 1.54) is 20.8 Å². The van der Waals surface area contributed by atoms with Crippen LogP contribution in [0.25, 0.3) is 0 Å². The van der Waals surface area contributed by atoms with Gasteiger partial charge in [-0.25, -0.2) is 0 Å². The molecule has 4 aliphatic rings. The molecular weight excluding hydrogens is 592 g/mol. The molecule has 13 atom stereocenters. The number of fused-ring (bicyclic) bond motifs is 3. The third-order valence-electron chi connectivity index (χ3n) is 10.6. The molecule has 13 nitrogen and oxygen atoms in total. The average Bonchev–Trinajstić information content (AvgIpc) is 2.93. The normalized spacial score (nSPS) is 43.0. The number of aliphatic hydroxyl groups excluding tert-OH is 5. The molecule has 1 aliphatic heterocycles. The molecule has 0 radical (unpaired) electrons. The van der Waals surface area contributed by atoms with Crippen molar-refractivity contribution in [2.24, 2.45) is 22.7 Å². The molecular formula is C32H48O13. The number of aliphatic hydroxyl groups is 5. The summed E-state index contributed by atoms with van der Waals surface area (Å²) in [5.41, 5.74) is -0.141. The molecule has 0 spiro atoms. The number of ether oxygens (including phenoxy) is 5. The molecule has 0 aromatic carbocycles. The number of carbonyl (C=O) groups excluding carboxylic acids is 3. The molecule has 0 aromatic heterocycles. The second-order valence-electron chi connectivity index (χ2n) is 13.7. The zero-order chi connectivity index (χ0) is 33.8. The minimum absolute atomic E-state index is 0.0420. The lowest BCUT2D eigenvalue weighted by Gasteiger charge is -2.59. The monoisotopic (exact) mass is 640 g/mol. The van der Waals surface area contributed by atoms with Gasteiger partial charge in [-0.2, -0.15) is 0 Å². The topological polar surface area (TPSA) is 199 Å². The quantitative estimate of drug-likeness (QED) is 0.154. The highest BCUT2D eigenvalue weighted by Crippen LogP contribution is 2.61. The third kappa shape index (κ3) is 6.32. The van der Waals surface area contributed by atoms with Crippen LogP contribution in [0.2, 0.25) is 0 Å². The Bertz CT molecular complexity index is 1210. The Morgan fingerprint density at radius 3 is 2.04 bits per heavy atom. The Morgan fingerprint density at radius 2 is 1.49 bits per heavy atom. The SMILES string of the molecule is C=C1[C@@H](O[C@@H]2O[C@H](CO)[C@@H](O)[C@H](O)[C@H]2O)C[C@H](OC(C)=O)[C@]2(C)[C@@H]1C[C@@H]1C[C@H](O)C(C)=C([C@@H](OC(C)=O)[C@@H]2OC(C)=O)C1(C)C. The van der Waals surface area contributed by atoms with Gasteiger partial charge in [0.15, 0.2) is 18.5 Å². The van der Waals surface area contributed by atoms with Crippen LogP contribution < -0.4 is 0 Å². The van der Waals surface area contributed by atoms with Crippen LogP contribution in [0.3, 0.4) is 0 Å². The van der Waals surface area contributed by atoms with E-state index in [4.69, 9.17) is 23.7 Å². The second kappa shape index (κ2) is 13.0. The van der Waals surface area contributed by atoms with Crippen molar-refractivity contribution in [1.29, 1.82) is 0 Å². The van der Waals surface area contributed by atoms with Gasteiger partial charge in [-0.05, 0) is 53.7 Å². The van der Waals surface area contributed by atoms with Gasteiger partial charge in [0.2, 0.25) is 0 Å². The summed E-state index contributed by atoms with van der Waals surface area (Å²) in [7, 11) is 0. The van der Waals surface area contributed by atoms with Crippen LogP contribution in [-0.2, 0) is 38.1 Å². The molecule has 0 amide bonds.